The second kappa shape index (κ2) is 25.9. The number of aliphatic hydroxyl groups excluding tert-OH is 8. The maximum atomic E-state index is 12.8. The number of unbranched alkanes of at least 4 members (excludes halogenated alkanes) is 14. The van der Waals surface area contributed by atoms with Gasteiger partial charge in [0.2, 0.25) is 5.91 Å². The first-order valence-electron chi connectivity index (χ1n) is 19.3. The number of carbonyl (C=O) groups is 1. The van der Waals surface area contributed by atoms with E-state index in [9.17, 15) is 45.6 Å². The molecule has 0 aromatic heterocycles. The fourth-order valence-electron chi connectivity index (χ4n) is 6.53. The molecular weight excluding hydrogens is 654 g/mol. The zero-order valence-corrected chi connectivity index (χ0v) is 30.4. The quantitative estimate of drug-likeness (QED) is 0.0549. The summed E-state index contributed by atoms with van der Waals surface area (Å²) in [6.45, 7) is 2.70. The highest BCUT2D eigenvalue weighted by Crippen LogP contribution is 2.30. The van der Waals surface area contributed by atoms with E-state index in [0.29, 0.717) is 12.8 Å². The molecule has 0 aliphatic carbocycles. The van der Waals surface area contributed by atoms with E-state index in [1.165, 1.54) is 44.9 Å². The Labute approximate surface area is 298 Å². The lowest BCUT2D eigenvalue weighted by atomic mass is 9.97. The summed E-state index contributed by atoms with van der Waals surface area (Å²) in [4.78, 5) is 12.8. The maximum Gasteiger partial charge on any atom is 0.220 e. The molecule has 0 aromatic rings. The summed E-state index contributed by atoms with van der Waals surface area (Å²) in [7, 11) is 0. The van der Waals surface area contributed by atoms with E-state index in [2.05, 4.69) is 19.2 Å². The lowest BCUT2D eigenvalue weighted by Gasteiger charge is -2.46. The smallest absolute Gasteiger partial charge is 0.220 e. The first-order valence-corrected chi connectivity index (χ1v) is 19.3. The molecule has 2 heterocycles. The summed E-state index contributed by atoms with van der Waals surface area (Å²) in [6, 6.07) is -0.815. The first-order chi connectivity index (χ1) is 24.1. The van der Waals surface area contributed by atoms with Gasteiger partial charge >= 0.3 is 0 Å². The van der Waals surface area contributed by atoms with Gasteiger partial charge in [-0.05, 0) is 12.8 Å². The van der Waals surface area contributed by atoms with Gasteiger partial charge in [-0.2, -0.15) is 0 Å². The van der Waals surface area contributed by atoms with Crippen LogP contribution < -0.4 is 5.32 Å². The van der Waals surface area contributed by atoms with Crippen molar-refractivity contribution in [2.24, 2.45) is 0 Å². The van der Waals surface area contributed by atoms with Crippen LogP contribution in [0, 0.1) is 0 Å². The van der Waals surface area contributed by atoms with Gasteiger partial charge in [0.05, 0.1) is 32.0 Å². The number of ether oxygens (including phenoxy) is 4. The van der Waals surface area contributed by atoms with E-state index >= 15 is 0 Å². The molecule has 2 rings (SSSR count). The van der Waals surface area contributed by atoms with Crippen LogP contribution in [0.2, 0.25) is 0 Å². The normalized spacial score (nSPS) is 31.4. The summed E-state index contributed by atoms with van der Waals surface area (Å²) in [5.74, 6) is -0.223. The summed E-state index contributed by atoms with van der Waals surface area (Å²) >= 11 is 0. The Morgan fingerprint density at radius 3 is 1.70 bits per heavy atom. The van der Waals surface area contributed by atoms with Crippen LogP contribution in [-0.2, 0) is 23.7 Å². The van der Waals surface area contributed by atoms with Crippen LogP contribution >= 0.6 is 0 Å². The number of aliphatic hydroxyl groups is 8. The molecule has 2 aliphatic rings. The lowest BCUT2D eigenvalue weighted by Crippen LogP contribution is -2.65. The molecule has 12 atom stereocenters. The molecule has 0 radical (unpaired) electrons. The van der Waals surface area contributed by atoms with Crippen molar-refractivity contribution in [3.8, 4) is 0 Å². The minimum Gasteiger partial charge on any atom is -0.394 e. The number of nitrogens with one attached hydrogen (secondary N) is 1. The van der Waals surface area contributed by atoms with E-state index in [-0.39, 0.29) is 12.5 Å². The molecule has 14 nitrogen and oxygen atoms in total. The second-order valence-electron chi connectivity index (χ2n) is 14.1. The third kappa shape index (κ3) is 15.5. The molecule has 14 heteroatoms. The standard InChI is InChI=1S/C36H69NO13/c1-3-5-7-9-10-11-12-13-14-16-17-19-25(40)24(37-28(41)20-18-15-8-6-4-2)23-47-35-33(46)31(44)34(27(22-39)49-35)50-36-32(45)30(43)29(42)26(21-38)48-36/h24-27,29-36,38-40,42-46H,3-23H2,1-2H3,(H,37,41). The van der Waals surface area contributed by atoms with Gasteiger partial charge in [0.15, 0.2) is 12.6 Å². The molecule has 0 bridgehead atoms. The summed E-state index contributed by atoms with van der Waals surface area (Å²) in [5.41, 5.74) is 0. The largest absolute Gasteiger partial charge is 0.394 e. The molecule has 50 heavy (non-hydrogen) atoms. The Morgan fingerprint density at radius 1 is 0.640 bits per heavy atom. The van der Waals surface area contributed by atoms with Crippen molar-refractivity contribution in [2.75, 3.05) is 19.8 Å². The topological polar surface area (TPSA) is 228 Å². The van der Waals surface area contributed by atoms with Gasteiger partial charge in [-0.15, -0.1) is 0 Å². The maximum absolute atomic E-state index is 12.8. The molecule has 0 saturated carbocycles. The molecule has 9 N–H and O–H groups in total. The van der Waals surface area contributed by atoms with Gasteiger partial charge in [-0.1, -0.05) is 110 Å². The van der Waals surface area contributed by atoms with E-state index in [0.717, 1.165) is 57.8 Å². The van der Waals surface area contributed by atoms with Crippen LogP contribution in [0.25, 0.3) is 0 Å². The molecule has 1 amide bonds. The third-order valence-corrected chi connectivity index (χ3v) is 9.82. The van der Waals surface area contributed by atoms with Crippen molar-refractivity contribution in [2.45, 2.75) is 203 Å². The monoisotopic (exact) mass is 723 g/mol. The Balaban J connectivity index is 1.94. The zero-order chi connectivity index (χ0) is 36.9. The molecular formula is C36H69NO13. The van der Waals surface area contributed by atoms with Gasteiger partial charge in [0.1, 0.15) is 48.8 Å². The second-order valence-corrected chi connectivity index (χ2v) is 14.1. The molecule has 2 fully saturated rings. The van der Waals surface area contributed by atoms with Crippen LogP contribution in [0.5, 0.6) is 0 Å². The van der Waals surface area contributed by atoms with Crippen LogP contribution in [-0.4, -0.2) is 140 Å². The minimum absolute atomic E-state index is 0.223. The van der Waals surface area contributed by atoms with Gasteiger partial charge < -0.3 is 65.1 Å². The van der Waals surface area contributed by atoms with Gasteiger partial charge in [0, 0.05) is 6.42 Å². The van der Waals surface area contributed by atoms with Crippen LogP contribution in [0.15, 0.2) is 0 Å². The average Bonchev–Trinajstić information content (AvgIpc) is 3.11. The van der Waals surface area contributed by atoms with Crippen molar-refractivity contribution in [3.05, 3.63) is 0 Å². The predicted molar refractivity (Wildman–Crippen MR) is 185 cm³/mol. The fraction of sp³-hybridized carbons (Fsp3) is 0.972. The molecule has 0 spiro atoms. The third-order valence-electron chi connectivity index (χ3n) is 9.82. The van der Waals surface area contributed by atoms with Crippen LogP contribution in [0.4, 0.5) is 0 Å². The SMILES string of the molecule is CCCCCCCCCCCCCC(O)C(COC1OC(CO)C(OC2OC(CO)C(O)C(O)C2O)C(O)C1O)NC(=O)CCCCCCC. The number of rotatable bonds is 27. The zero-order valence-electron chi connectivity index (χ0n) is 30.4. The number of hydrogen-bond donors (Lipinski definition) is 9. The highest BCUT2D eigenvalue weighted by atomic mass is 16.7. The average molecular weight is 724 g/mol. The minimum atomic E-state index is -1.77. The highest BCUT2D eigenvalue weighted by molar-refractivity contribution is 5.76. The summed E-state index contributed by atoms with van der Waals surface area (Å²) < 4.78 is 22.5. The van der Waals surface area contributed by atoms with Crippen molar-refractivity contribution >= 4 is 5.91 Å². The van der Waals surface area contributed by atoms with E-state index in [1.807, 2.05) is 0 Å². The van der Waals surface area contributed by atoms with Crippen molar-refractivity contribution in [3.63, 3.8) is 0 Å². The lowest BCUT2D eigenvalue weighted by molar-refractivity contribution is -0.359. The summed E-state index contributed by atoms with van der Waals surface area (Å²) in [6.07, 6.45) is 1.83. The molecule has 12 unspecified atom stereocenters. The van der Waals surface area contributed by atoms with Crippen molar-refractivity contribution < 1.29 is 64.6 Å². The van der Waals surface area contributed by atoms with Crippen LogP contribution in [0.1, 0.15) is 129 Å². The van der Waals surface area contributed by atoms with Gasteiger partial charge in [-0.3, -0.25) is 4.79 Å². The Kier molecular flexibility index (Phi) is 23.4. The Bertz CT molecular complexity index is 868. The fourth-order valence-corrected chi connectivity index (χ4v) is 6.53. The number of carbonyl (C=O) groups excluding carboxylic acids is 1. The Morgan fingerprint density at radius 2 is 1.14 bits per heavy atom. The first kappa shape index (κ1) is 45.1. The molecule has 296 valence electrons. The van der Waals surface area contributed by atoms with Gasteiger partial charge in [0.25, 0.3) is 0 Å². The van der Waals surface area contributed by atoms with Crippen molar-refractivity contribution in [1.82, 2.24) is 5.32 Å². The van der Waals surface area contributed by atoms with E-state index in [1.54, 1.807) is 0 Å². The number of amides is 1. The molecule has 0 aromatic carbocycles. The Hall–Kier alpha value is -1.01. The summed E-state index contributed by atoms with van der Waals surface area (Å²) in [5, 5.41) is 85.9. The van der Waals surface area contributed by atoms with Crippen LogP contribution in [0.3, 0.4) is 0 Å². The molecule has 2 aliphatic heterocycles. The van der Waals surface area contributed by atoms with E-state index in [4.69, 9.17) is 18.9 Å². The molecule has 2 saturated heterocycles. The van der Waals surface area contributed by atoms with Gasteiger partial charge in [-0.25, -0.2) is 0 Å². The predicted octanol–water partition coefficient (Wildman–Crippen LogP) is 1.53. The van der Waals surface area contributed by atoms with E-state index < -0.39 is 86.8 Å². The highest BCUT2D eigenvalue weighted by Gasteiger charge is 2.50. The number of hydrogen-bond acceptors (Lipinski definition) is 13. The van der Waals surface area contributed by atoms with Crippen molar-refractivity contribution in [1.29, 1.82) is 0 Å².